The van der Waals surface area contributed by atoms with Gasteiger partial charge in [0.05, 0.1) is 0 Å². The summed E-state index contributed by atoms with van der Waals surface area (Å²) >= 11 is 0. The van der Waals surface area contributed by atoms with Gasteiger partial charge in [0.15, 0.2) is 0 Å². The van der Waals surface area contributed by atoms with Gasteiger partial charge in [-0.3, -0.25) is 0 Å². The monoisotopic (exact) mass is 179 g/mol. The molecule has 0 bridgehead atoms. The first kappa shape index (κ1) is 8.44. The predicted molar refractivity (Wildman–Crippen MR) is 48.3 cm³/mol. The average molecular weight is 179 g/mol. The van der Waals surface area contributed by atoms with Gasteiger partial charge in [0.2, 0.25) is 5.88 Å². The predicted octanol–water partition coefficient (Wildman–Crippen LogP) is 0.735. The van der Waals surface area contributed by atoms with Gasteiger partial charge in [-0.25, -0.2) is 0 Å². The Hall–Kier alpha value is -1.16. The molecule has 0 aliphatic heterocycles. The maximum atomic E-state index is 5.85. The van der Waals surface area contributed by atoms with Gasteiger partial charge in [-0.15, -0.1) is 5.10 Å². The molecule has 2 N–H and O–H groups in total. The van der Waals surface area contributed by atoms with Crippen molar-refractivity contribution in [3.8, 4) is 5.88 Å². The zero-order chi connectivity index (χ0) is 9.10. The fraction of sp³-hybridized carbons (Fsp3) is 0.556. The Morgan fingerprint density at radius 2 is 2.38 bits per heavy atom. The normalized spacial score (nSPS) is 27.5. The molecular weight excluding hydrogens is 166 g/mol. The largest absolute Gasteiger partial charge is 0.472 e. The Labute approximate surface area is 77.1 Å². The van der Waals surface area contributed by atoms with Crippen LogP contribution in [0.2, 0.25) is 0 Å². The van der Waals surface area contributed by atoms with Crippen molar-refractivity contribution in [1.82, 2.24) is 10.2 Å². The van der Waals surface area contributed by atoms with Gasteiger partial charge in [0.25, 0.3) is 0 Å². The lowest BCUT2D eigenvalue weighted by molar-refractivity contribution is 0.182. The van der Waals surface area contributed by atoms with Gasteiger partial charge in [-0.05, 0) is 25.3 Å². The minimum Gasteiger partial charge on any atom is -0.472 e. The molecule has 0 amide bonds. The van der Waals surface area contributed by atoms with Crippen LogP contribution in [0.4, 0.5) is 0 Å². The van der Waals surface area contributed by atoms with Crippen molar-refractivity contribution < 1.29 is 4.74 Å². The number of rotatable bonds is 2. The Morgan fingerprint density at radius 1 is 1.46 bits per heavy atom. The van der Waals surface area contributed by atoms with Crippen LogP contribution in [0.25, 0.3) is 0 Å². The molecule has 1 aromatic rings. The first-order valence-electron chi connectivity index (χ1n) is 4.56. The van der Waals surface area contributed by atoms with E-state index in [9.17, 15) is 0 Å². The van der Waals surface area contributed by atoms with Crippen LogP contribution in [0.5, 0.6) is 5.88 Å². The van der Waals surface area contributed by atoms with Crippen LogP contribution in [-0.4, -0.2) is 22.3 Å². The van der Waals surface area contributed by atoms with E-state index in [1.54, 1.807) is 12.3 Å². The highest BCUT2D eigenvalue weighted by molar-refractivity contribution is 5.06. The van der Waals surface area contributed by atoms with E-state index in [4.69, 9.17) is 10.5 Å². The van der Waals surface area contributed by atoms with Gasteiger partial charge in [0.1, 0.15) is 6.10 Å². The molecule has 1 aliphatic carbocycles. The second-order valence-corrected chi connectivity index (χ2v) is 3.31. The second kappa shape index (κ2) is 3.70. The third-order valence-electron chi connectivity index (χ3n) is 2.32. The molecule has 13 heavy (non-hydrogen) atoms. The molecule has 0 aromatic carbocycles. The Balaban J connectivity index is 1.98. The van der Waals surface area contributed by atoms with Crippen molar-refractivity contribution in [2.75, 3.05) is 0 Å². The van der Waals surface area contributed by atoms with Crippen molar-refractivity contribution >= 4 is 0 Å². The van der Waals surface area contributed by atoms with Crippen LogP contribution in [-0.2, 0) is 0 Å². The maximum Gasteiger partial charge on any atom is 0.233 e. The van der Waals surface area contributed by atoms with Crippen LogP contribution >= 0.6 is 0 Å². The highest BCUT2D eigenvalue weighted by Gasteiger charge is 2.25. The lowest BCUT2D eigenvalue weighted by Gasteiger charge is -2.15. The van der Waals surface area contributed by atoms with E-state index in [1.165, 1.54) is 0 Å². The van der Waals surface area contributed by atoms with Crippen LogP contribution in [0, 0.1) is 0 Å². The summed E-state index contributed by atoms with van der Waals surface area (Å²) in [6, 6.07) is 3.77. The number of aromatic nitrogens is 2. The Kier molecular flexibility index (Phi) is 2.40. The molecule has 0 radical (unpaired) electrons. The van der Waals surface area contributed by atoms with Gasteiger partial charge in [-0.1, -0.05) is 0 Å². The van der Waals surface area contributed by atoms with Crippen LogP contribution in [0.1, 0.15) is 19.3 Å². The molecule has 1 heterocycles. The molecule has 1 saturated carbocycles. The van der Waals surface area contributed by atoms with Crippen LogP contribution < -0.4 is 10.5 Å². The van der Waals surface area contributed by atoms with E-state index in [-0.39, 0.29) is 12.1 Å². The zero-order valence-corrected chi connectivity index (χ0v) is 7.39. The fourth-order valence-electron chi connectivity index (χ4n) is 1.61. The van der Waals surface area contributed by atoms with Crippen molar-refractivity contribution in [3.63, 3.8) is 0 Å². The van der Waals surface area contributed by atoms with Crippen molar-refractivity contribution in [1.29, 1.82) is 0 Å². The SMILES string of the molecule is NC1CCCC1Oc1cccnn1. The minimum atomic E-state index is 0.122. The van der Waals surface area contributed by atoms with Crippen molar-refractivity contribution in [3.05, 3.63) is 18.3 Å². The van der Waals surface area contributed by atoms with E-state index in [0.717, 1.165) is 19.3 Å². The highest BCUT2D eigenvalue weighted by Crippen LogP contribution is 2.21. The highest BCUT2D eigenvalue weighted by atomic mass is 16.5. The van der Waals surface area contributed by atoms with E-state index >= 15 is 0 Å². The fourth-order valence-corrected chi connectivity index (χ4v) is 1.61. The van der Waals surface area contributed by atoms with Crippen molar-refractivity contribution in [2.24, 2.45) is 5.73 Å². The maximum absolute atomic E-state index is 5.85. The van der Waals surface area contributed by atoms with Gasteiger partial charge in [0, 0.05) is 18.3 Å². The summed E-state index contributed by atoms with van der Waals surface area (Å²) in [5.41, 5.74) is 5.85. The van der Waals surface area contributed by atoms with E-state index < -0.39 is 0 Å². The van der Waals surface area contributed by atoms with Gasteiger partial charge >= 0.3 is 0 Å². The molecule has 4 nitrogen and oxygen atoms in total. The minimum absolute atomic E-state index is 0.122. The lowest BCUT2D eigenvalue weighted by atomic mass is 10.2. The summed E-state index contributed by atoms with van der Waals surface area (Å²) in [4.78, 5) is 0. The zero-order valence-electron chi connectivity index (χ0n) is 7.39. The third-order valence-corrected chi connectivity index (χ3v) is 2.32. The molecule has 0 saturated heterocycles. The molecule has 4 heteroatoms. The summed E-state index contributed by atoms with van der Waals surface area (Å²) in [5, 5.41) is 7.58. The van der Waals surface area contributed by atoms with Crippen LogP contribution in [0.3, 0.4) is 0 Å². The lowest BCUT2D eigenvalue weighted by Crippen LogP contribution is -2.33. The summed E-state index contributed by atoms with van der Waals surface area (Å²) in [5.74, 6) is 0.574. The number of hydrogen-bond acceptors (Lipinski definition) is 4. The second-order valence-electron chi connectivity index (χ2n) is 3.31. The molecule has 0 spiro atoms. The van der Waals surface area contributed by atoms with E-state index in [1.807, 2.05) is 6.07 Å². The molecule has 1 fully saturated rings. The molecule has 70 valence electrons. The summed E-state index contributed by atoms with van der Waals surface area (Å²) in [6.07, 6.45) is 4.97. The summed E-state index contributed by atoms with van der Waals surface area (Å²) < 4.78 is 5.59. The standard InChI is InChI=1S/C9H13N3O/c10-7-3-1-4-8(7)13-9-5-2-6-11-12-9/h2,5-8H,1,3-4,10H2. The van der Waals surface area contributed by atoms with Crippen molar-refractivity contribution in [2.45, 2.75) is 31.4 Å². The molecule has 2 unspecified atom stereocenters. The average Bonchev–Trinajstić information content (AvgIpc) is 2.54. The topological polar surface area (TPSA) is 61.0 Å². The van der Waals surface area contributed by atoms with Gasteiger partial charge in [-0.2, -0.15) is 5.10 Å². The smallest absolute Gasteiger partial charge is 0.233 e. The summed E-state index contributed by atoms with van der Waals surface area (Å²) in [6.45, 7) is 0. The molecule has 2 rings (SSSR count). The number of ether oxygens (including phenoxy) is 1. The molecule has 2 atom stereocenters. The van der Waals surface area contributed by atoms with Crippen LogP contribution in [0.15, 0.2) is 18.3 Å². The first-order chi connectivity index (χ1) is 6.36. The Morgan fingerprint density at radius 3 is 3.00 bits per heavy atom. The first-order valence-corrected chi connectivity index (χ1v) is 4.56. The third kappa shape index (κ3) is 1.95. The Bertz CT molecular complexity index is 265. The molecule has 1 aromatic heterocycles. The number of nitrogens with two attached hydrogens (primary N) is 1. The molecular formula is C9H13N3O. The van der Waals surface area contributed by atoms with Gasteiger partial charge < -0.3 is 10.5 Å². The number of nitrogens with zero attached hydrogens (tertiary/aromatic N) is 2. The van der Waals surface area contributed by atoms with E-state index in [0.29, 0.717) is 5.88 Å². The van der Waals surface area contributed by atoms with E-state index in [2.05, 4.69) is 10.2 Å². The summed E-state index contributed by atoms with van der Waals surface area (Å²) in [7, 11) is 0. The quantitative estimate of drug-likeness (QED) is 0.727. The number of hydrogen-bond donors (Lipinski definition) is 1. The molecule has 1 aliphatic rings.